The number of nitrogens with one attached hydrogen (secondary N) is 1. The molecule has 0 heterocycles. The van der Waals surface area contributed by atoms with Gasteiger partial charge in [-0.15, -0.1) is 0 Å². The lowest BCUT2D eigenvalue weighted by molar-refractivity contribution is -0.384. The molecule has 2 rings (SSSR count). The molecule has 0 atom stereocenters. The number of hydrogen-bond donors (Lipinski definition) is 1. The first-order valence-corrected chi connectivity index (χ1v) is 8.51. The maximum atomic E-state index is 12.2. The summed E-state index contributed by atoms with van der Waals surface area (Å²) in [6.45, 7) is 0. The molecule has 0 radical (unpaired) electrons. The summed E-state index contributed by atoms with van der Waals surface area (Å²) in [5.74, 6) is -0.605. The van der Waals surface area contributed by atoms with Gasteiger partial charge in [0.1, 0.15) is 0 Å². The molecule has 0 saturated carbocycles. The summed E-state index contributed by atoms with van der Waals surface area (Å²) >= 11 is 5.82. The highest BCUT2D eigenvalue weighted by molar-refractivity contribution is 7.90. The van der Waals surface area contributed by atoms with Crippen LogP contribution in [0.4, 0.5) is 11.4 Å². The lowest BCUT2D eigenvalue weighted by Crippen LogP contribution is -2.13. The molecule has 0 saturated heterocycles. The van der Waals surface area contributed by atoms with Crippen LogP contribution in [0.5, 0.6) is 0 Å². The zero-order chi connectivity index (χ0) is 17.2. The average molecular weight is 355 g/mol. The van der Waals surface area contributed by atoms with Crippen molar-refractivity contribution >= 4 is 38.7 Å². The van der Waals surface area contributed by atoms with Crippen LogP contribution in [0.2, 0.25) is 5.02 Å². The van der Waals surface area contributed by atoms with E-state index < -0.39 is 20.7 Å². The van der Waals surface area contributed by atoms with Gasteiger partial charge in [0.2, 0.25) is 0 Å². The van der Waals surface area contributed by atoms with E-state index in [-0.39, 0.29) is 26.9 Å². The molecule has 0 aromatic heterocycles. The Labute approximate surface area is 137 Å². The number of nitro groups is 1. The molecule has 0 spiro atoms. The van der Waals surface area contributed by atoms with Crippen molar-refractivity contribution in [3.05, 3.63) is 63.2 Å². The van der Waals surface area contributed by atoms with Crippen molar-refractivity contribution in [1.29, 1.82) is 0 Å². The number of nitrogens with zero attached hydrogens (tertiary/aromatic N) is 1. The number of carbonyl (C=O) groups is 1. The second kappa shape index (κ2) is 6.35. The molecule has 0 fully saturated rings. The van der Waals surface area contributed by atoms with Crippen molar-refractivity contribution in [2.45, 2.75) is 4.90 Å². The summed E-state index contributed by atoms with van der Waals surface area (Å²) in [6.07, 6.45) is 0.983. The largest absolute Gasteiger partial charge is 0.322 e. The van der Waals surface area contributed by atoms with E-state index in [1.54, 1.807) is 0 Å². The number of nitro benzene ring substituents is 1. The number of anilines is 1. The minimum absolute atomic E-state index is 0.0133. The van der Waals surface area contributed by atoms with Gasteiger partial charge in [-0.3, -0.25) is 14.9 Å². The Bertz CT molecular complexity index is 896. The predicted molar refractivity (Wildman–Crippen MR) is 85.6 cm³/mol. The molecule has 2 aromatic carbocycles. The van der Waals surface area contributed by atoms with E-state index in [9.17, 15) is 23.3 Å². The fourth-order valence-corrected chi connectivity index (χ4v) is 3.13. The fourth-order valence-electron chi connectivity index (χ4n) is 1.83. The Hall–Kier alpha value is -2.45. The molecular formula is C14H11ClN2O5S. The number of non-ortho nitro benzene ring substituents is 1. The van der Waals surface area contributed by atoms with Crippen molar-refractivity contribution in [3.8, 4) is 0 Å². The van der Waals surface area contributed by atoms with Gasteiger partial charge < -0.3 is 5.32 Å². The van der Waals surface area contributed by atoms with E-state index in [1.165, 1.54) is 36.4 Å². The van der Waals surface area contributed by atoms with Crippen LogP contribution in [0, 0.1) is 10.1 Å². The van der Waals surface area contributed by atoms with Crippen molar-refractivity contribution in [2.24, 2.45) is 0 Å². The number of benzene rings is 2. The Morgan fingerprint density at radius 3 is 2.52 bits per heavy atom. The third-order valence-corrected chi connectivity index (χ3v) is 4.49. The van der Waals surface area contributed by atoms with Crippen LogP contribution in [0.3, 0.4) is 0 Å². The summed E-state index contributed by atoms with van der Waals surface area (Å²) in [5, 5.41) is 13.2. The van der Waals surface area contributed by atoms with Gasteiger partial charge in [-0.1, -0.05) is 17.7 Å². The van der Waals surface area contributed by atoms with Gasteiger partial charge in [-0.2, -0.15) is 0 Å². The summed E-state index contributed by atoms with van der Waals surface area (Å²) in [4.78, 5) is 22.1. The second-order valence-corrected chi connectivity index (χ2v) is 7.07. The standard InChI is InChI=1S/C14H11ClN2O5S/c1-23(21,22)13-7-9(5-6-12(13)15)14(18)16-10-3-2-4-11(8-10)17(19)20/h2-8H,1H3,(H,16,18). The van der Waals surface area contributed by atoms with Gasteiger partial charge in [-0.05, 0) is 24.3 Å². The van der Waals surface area contributed by atoms with E-state index in [4.69, 9.17) is 11.6 Å². The van der Waals surface area contributed by atoms with E-state index in [2.05, 4.69) is 5.32 Å². The van der Waals surface area contributed by atoms with Gasteiger partial charge >= 0.3 is 0 Å². The summed E-state index contributed by atoms with van der Waals surface area (Å²) in [6, 6.07) is 9.23. The Morgan fingerprint density at radius 1 is 1.22 bits per heavy atom. The van der Waals surface area contributed by atoms with Crippen LogP contribution in [-0.4, -0.2) is 25.5 Å². The quantitative estimate of drug-likeness (QED) is 0.671. The molecule has 1 amide bonds. The molecule has 0 bridgehead atoms. The topological polar surface area (TPSA) is 106 Å². The Morgan fingerprint density at radius 2 is 1.91 bits per heavy atom. The summed E-state index contributed by atoms with van der Waals surface area (Å²) in [7, 11) is -3.58. The van der Waals surface area contributed by atoms with Crippen molar-refractivity contribution in [2.75, 3.05) is 11.6 Å². The van der Waals surface area contributed by atoms with Gasteiger partial charge in [0, 0.05) is 29.6 Å². The SMILES string of the molecule is CS(=O)(=O)c1cc(C(=O)Nc2cccc([N+](=O)[O-])c2)ccc1Cl. The number of carbonyl (C=O) groups excluding carboxylic acids is 1. The number of halogens is 1. The molecule has 0 aliphatic heterocycles. The van der Waals surface area contributed by atoms with Crippen LogP contribution >= 0.6 is 11.6 Å². The van der Waals surface area contributed by atoms with Crippen molar-refractivity contribution in [1.82, 2.24) is 0 Å². The molecule has 1 N–H and O–H groups in total. The lowest BCUT2D eigenvalue weighted by Gasteiger charge is -2.07. The van der Waals surface area contributed by atoms with Crippen LogP contribution in [0.15, 0.2) is 47.4 Å². The molecule has 120 valence electrons. The minimum Gasteiger partial charge on any atom is -0.322 e. The van der Waals surface area contributed by atoms with Crippen molar-refractivity contribution < 1.29 is 18.1 Å². The van der Waals surface area contributed by atoms with E-state index >= 15 is 0 Å². The van der Waals surface area contributed by atoms with Crippen molar-refractivity contribution in [3.63, 3.8) is 0 Å². The molecule has 7 nitrogen and oxygen atoms in total. The average Bonchev–Trinajstić information content (AvgIpc) is 2.46. The fraction of sp³-hybridized carbons (Fsp3) is 0.0714. The van der Waals surface area contributed by atoms with Crippen LogP contribution in [-0.2, 0) is 9.84 Å². The monoisotopic (exact) mass is 354 g/mol. The third-order valence-electron chi connectivity index (χ3n) is 2.91. The van der Waals surface area contributed by atoms with Gasteiger partial charge in [0.15, 0.2) is 9.84 Å². The van der Waals surface area contributed by atoms with Gasteiger partial charge in [-0.25, -0.2) is 8.42 Å². The van der Waals surface area contributed by atoms with E-state index in [0.717, 1.165) is 12.3 Å². The van der Waals surface area contributed by atoms with Crippen LogP contribution < -0.4 is 5.32 Å². The van der Waals surface area contributed by atoms with E-state index in [0.29, 0.717) is 0 Å². The first-order chi connectivity index (χ1) is 10.7. The summed E-state index contributed by atoms with van der Waals surface area (Å²) < 4.78 is 23.2. The smallest absolute Gasteiger partial charge is 0.271 e. The maximum absolute atomic E-state index is 12.2. The Kier molecular flexibility index (Phi) is 4.67. The molecule has 0 unspecified atom stereocenters. The lowest BCUT2D eigenvalue weighted by atomic mass is 10.2. The number of sulfone groups is 1. The molecule has 9 heteroatoms. The normalized spacial score (nSPS) is 11.0. The van der Waals surface area contributed by atoms with Crippen LogP contribution in [0.25, 0.3) is 0 Å². The molecule has 2 aromatic rings. The minimum atomic E-state index is -3.58. The number of amides is 1. The first kappa shape index (κ1) is 16.9. The molecular weight excluding hydrogens is 344 g/mol. The zero-order valence-corrected chi connectivity index (χ0v) is 13.4. The number of rotatable bonds is 4. The number of hydrogen-bond acceptors (Lipinski definition) is 5. The Balaban J connectivity index is 2.32. The highest BCUT2D eigenvalue weighted by atomic mass is 35.5. The highest BCUT2D eigenvalue weighted by Gasteiger charge is 2.16. The highest BCUT2D eigenvalue weighted by Crippen LogP contribution is 2.23. The van der Waals surface area contributed by atoms with Crippen LogP contribution in [0.1, 0.15) is 10.4 Å². The predicted octanol–water partition coefficient (Wildman–Crippen LogP) is 2.90. The van der Waals surface area contributed by atoms with Gasteiger partial charge in [0.25, 0.3) is 11.6 Å². The zero-order valence-electron chi connectivity index (χ0n) is 11.8. The van der Waals surface area contributed by atoms with Gasteiger partial charge in [0.05, 0.1) is 14.8 Å². The third kappa shape index (κ3) is 4.05. The summed E-state index contributed by atoms with van der Waals surface area (Å²) in [5.41, 5.74) is 0.122. The first-order valence-electron chi connectivity index (χ1n) is 6.24. The molecule has 23 heavy (non-hydrogen) atoms. The maximum Gasteiger partial charge on any atom is 0.271 e. The molecule has 0 aliphatic rings. The molecule has 0 aliphatic carbocycles. The van der Waals surface area contributed by atoms with E-state index in [1.807, 2.05) is 0 Å². The second-order valence-electron chi connectivity index (χ2n) is 4.68.